The molecule has 204 valence electrons. The smallest absolute Gasteiger partial charge is 0.295 e. The maximum absolute atomic E-state index is 13.3. The second kappa shape index (κ2) is 12.0. The number of aliphatic hydroxyl groups excluding tert-OH is 1. The van der Waals surface area contributed by atoms with Gasteiger partial charge in [0.1, 0.15) is 18.1 Å². The van der Waals surface area contributed by atoms with Crippen molar-refractivity contribution in [2.24, 2.45) is 0 Å². The van der Waals surface area contributed by atoms with Gasteiger partial charge in [0.2, 0.25) is 0 Å². The summed E-state index contributed by atoms with van der Waals surface area (Å²) < 4.78 is 11.5. The number of ketones is 1. The van der Waals surface area contributed by atoms with Gasteiger partial charge in [-0.1, -0.05) is 36.4 Å². The predicted octanol–water partition coefficient (Wildman–Crippen LogP) is 4.66. The highest BCUT2D eigenvalue weighted by atomic mass is 16.5. The zero-order valence-corrected chi connectivity index (χ0v) is 22.7. The van der Waals surface area contributed by atoms with Crippen molar-refractivity contribution < 1.29 is 29.3 Å². The molecule has 39 heavy (non-hydrogen) atoms. The number of likely N-dealkylation sites (tertiary alicyclic amines) is 1. The number of nitrogens with zero attached hydrogens (tertiary/aromatic N) is 2. The van der Waals surface area contributed by atoms with Gasteiger partial charge in [-0.25, -0.2) is 0 Å². The lowest BCUT2D eigenvalue weighted by atomic mass is 9.94. The Balaban J connectivity index is 1.73. The number of aromatic hydroxyl groups is 1. The van der Waals surface area contributed by atoms with E-state index in [0.29, 0.717) is 36.6 Å². The summed E-state index contributed by atoms with van der Waals surface area (Å²) >= 11 is 0. The maximum Gasteiger partial charge on any atom is 0.295 e. The number of amides is 1. The summed E-state index contributed by atoms with van der Waals surface area (Å²) in [5.41, 5.74) is 2.75. The fourth-order valence-corrected chi connectivity index (χ4v) is 4.59. The summed E-state index contributed by atoms with van der Waals surface area (Å²) in [6.45, 7) is 5.17. The molecule has 0 aromatic heterocycles. The van der Waals surface area contributed by atoms with E-state index in [-0.39, 0.29) is 29.4 Å². The number of benzene rings is 3. The summed E-state index contributed by atoms with van der Waals surface area (Å²) in [5, 5.41) is 21.7. The van der Waals surface area contributed by atoms with E-state index in [4.69, 9.17) is 9.47 Å². The number of aliphatic hydroxyl groups is 1. The number of hydrogen-bond acceptors (Lipinski definition) is 7. The first-order valence-corrected chi connectivity index (χ1v) is 12.9. The van der Waals surface area contributed by atoms with Crippen molar-refractivity contribution >= 4 is 17.4 Å². The molecule has 3 aromatic carbocycles. The van der Waals surface area contributed by atoms with Crippen LogP contribution in [0.1, 0.15) is 35.2 Å². The van der Waals surface area contributed by atoms with Gasteiger partial charge >= 0.3 is 0 Å². The van der Waals surface area contributed by atoms with Crippen molar-refractivity contribution in [3.05, 3.63) is 94.6 Å². The van der Waals surface area contributed by atoms with Gasteiger partial charge in [-0.3, -0.25) is 9.59 Å². The summed E-state index contributed by atoms with van der Waals surface area (Å²) in [6.07, 6.45) is 0. The van der Waals surface area contributed by atoms with Crippen molar-refractivity contribution in [2.75, 3.05) is 33.8 Å². The molecule has 0 bridgehead atoms. The van der Waals surface area contributed by atoms with Gasteiger partial charge in [0, 0.05) is 18.7 Å². The minimum atomic E-state index is -0.848. The highest BCUT2D eigenvalue weighted by Gasteiger charge is 2.46. The first kappa shape index (κ1) is 27.7. The Labute approximate surface area is 228 Å². The lowest BCUT2D eigenvalue weighted by Crippen LogP contribution is -2.35. The monoisotopic (exact) mass is 530 g/mol. The molecule has 1 unspecified atom stereocenters. The van der Waals surface area contributed by atoms with E-state index in [1.54, 1.807) is 37.3 Å². The van der Waals surface area contributed by atoms with Gasteiger partial charge in [-0.15, -0.1) is 0 Å². The minimum Gasteiger partial charge on any atom is -0.507 e. The Hall–Kier alpha value is -4.30. The lowest BCUT2D eigenvalue weighted by Gasteiger charge is -2.27. The number of carbonyl (C=O) groups is 2. The van der Waals surface area contributed by atoms with Crippen LogP contribution in [0.25, 0.3) is 5.76 Å². The molecule has 0 spiro atoms. The molecular formula is C31H34N2O6. The predicted molar refractivity (Wildman–Crippen MR) is 149 cm³/mol. The van der Waals surface area contributed by atoms with Gasteiger partial charge < -0.3 is 29.5 Å². The Morgan fingerprint density at radius 1 is 0.974 bits per heavy atom. The molecule has 1 aliphatic heterocycles. The van der Waals surface area contributed by atoms with Crippen molar-refractivity contribution in [3.63, 3.8) is 0 Å². The molecule has 1 amide bonds. The van der Waals surface area contributed by atoms with Gasteiger partial charge in [0.15, 0.2) is 11.5 Å². The summed E-state index contributed by atoms with van der Waals surface area (Å²) in [4.78, 5) is 29.9. The second-order valence-electron chi connectivity index (χ2n) is 9.71. The average Bonchev–Trinajstić information content (AvgIpc) is 3.17. The van der Waals surface area contributed by atoms with Crippen molar-refractivity contribution in [2.45, 2.75) is 26.5 Å². The Bertz CT molecular complexity index is 1380. The molecule has 1 atom stereocenters. The molecule has 1 aliphatic rings. The summed E-state index contributed by atoms with van der Waals surface area (Å²) in [6, 6.07) is 18.8. The SMILES string of the molecule is CCOc1cc(C2/C(=C(\O)c3ccc(OCc4ccccc4)c(C)c3)C(=O)C(=O)N2CCN(C)C)ccc1O. The highest BCUT2D eigenvalue weighted by Crippen LogP contribution is 2.42. The van der Waals surface area contributed by atoms with E-state index in [0.717, 1.165) is 11.1 Å². The average molecular weight is 531 g/mol. The minimum absolute atomic E-state index is 0.00996. The molecule has 8 heteroatoms. The van der Waals surface area contributed by atoms with Crippen LogP contribution in [0.5, 0.6) is 17.2 Å². The maximum atomic E-state index is 13.3. The van der Waals surface area contributed by atoms with Crippen LogP contribution in [-0.4, -0.2) is 65.5 Å². The van der Waals surface area contributed by atoms with Crippen LogP contribution in [0.4, 0.5) is 0 Å². The van der Waals surface area contributed by atoms with Gasteiger partial charge in [0.25, 0.3) is 11.7 Å². The van der Waals surface area contributed by atoms with Crippen molar-refractivity contribution in [3.8, 4) is 17.2 Å². The second-order valence-corrected chi connectivity index (χ2v) is 9.71. The fraction of sp³-hybridized carbons (Fsp3) is 0.290. The number of ether oxygens (including phenoxy) is 2. The highest BCUT2D eigenvalue weighted by molar-refractivity contribution is 6.46. The van der Waals surface area contributed by atoms with Gasteiger partial charge in [-0.05, 0) is 75.0 Å². The third-order valence-corrected chi connectivity index (χ3v) is 6.61. The third kappa shape index (κ3) is 6.07. The molecular weight excluding hydrogens is 496 g/mol. The number of carbonyl (C=O) groups excluding carboxylic acids is 2. The zero-order chi connectivity index (χ0) is 28.1. The number of phenolic OH excluding ortho intramolecular Hbond substituents is 1. The number of Topliss-reactive ketones (excluding diaryl/α,β-unsaturated/α-hetero) is 1. The van der Waals surface area contributed by atoms with E-state index >= 15 is 0 Å². The molecule has 0 radical (unpaired) electrons. The zero-order valence-electron chi connectivity index (χ0n) is 22.7. The molecule has 3 aromatic rings. The standard InChI is InChI=1S/C31H34N2O6/c1-5-38-26-18-22(11-13-24(26)34)28-27(30(36)31(37)33(28)16-15-32(3)4)29(35)23-12-14-25(20(2)17-23)39-19-21-9-7-6-8-10-21/h6-14,17-18,28,34-35H,5,15-16,19H2,1-4H3/b29-27+. The Kier molecular flexibility index (Phi) is 8.56. The number of phenols is 1. The first-order chi connectivity index (χ1) is 18.7. The van der Waals surface area contributed by atoms with Crippen molar-refractivity contribution in [1.82, 2.24) is 9.80 Å². The van der Waals surface area contributed by atoms with Crippen LogP contribution < -0.4 is 9.47 Å². The molecule has 2 N–H and O–H groups in total. The first-order valence-electron chi connectivity index (χ1n) is 12.9. The number of hydrogen-bond donors (Lipinski definition) is 2. The van der Waals surface area contributed by atoms with Crippen LogP contribution >= 0.6 is 0 Å². The topological polar surface area (TPSA) is 99.5 Å². The molecule has 4 rings (SSSR count). The molecule has 1 heterocycles. The van der Waals surface area contributed by atoms with Gasteiger partial charge in [0.05, 0.1) is 18.2 Å². The van der Waals surface area contributed by atoms with E-state index in [1.165, 1.54) is 11.0 Å². The summed E-state index contributed by atoms with van der Waals surface area (Å²) in [7, 11) is 3.76. The quantitative estimate of drug-likeness (QED) is 0.223. The van der Waals surface area contributed by atoms with Crippen LogP contribution in [-0.2, 0) is 16.2 Å². The van der Waals surface area contributed by atoms with Crippen molar-refractivity contribution in [1.29, 1.82) is 0 Å². The van der Waals surface area contributed by atoms with E-state index in [2.05, 4.69) is 0 Å². The van der Waals surface area contributed by atoms with E-state index in [9.17, 15) is 19.8 Å². The Morgan fingerprint density at radius 3 is 2.38 bits per heavy atom. The molecule has 0 saturated carbocycles. The molecule has 0 aliphatic carbocycles. The van der Waals surface area contributed by atoms with Crippen LogP contribution in [0, 0.1) is 6.92 Å². The molecule has 1 fully saturated rings. The normalized spacial score (nSPS) is 16.6. The summed E-state index contributed by atoms with van der Waals surface area (Å²) in [5.74, 6) is -0.873. The third-order valence-electron chi connectivity index (χ3n) is 6.61. The van der Waals surface area contributed by atoms with Gasteiger partial charge in [-0.2, -0.15) is 0 Å². The number of aryl methyl sites for hydroxylation is 1. The van der Waals surface area contributed by atoms with E-state index < -0.39 is 17.7 Å². The van der Waals surface area contributed by atoms with Crippen LogP contribution in [0.3, 0.4) is 0 Å². The van der Waals surface area contributed by atoms with Crippen LogP contribution in [0.2, 0.25) is 0 Å². The fourth-order valence-electron chi connectivity index (χ4n) is 4.59. The molecule has 8 nitrogen and oxygen atoms in total. The number of rotatable bonds is 10. The van der Waals surface area contributed by atoms with E-state index in [1.807, 2.05) is 56.3 Å². The lowest BCUT2D eigenvalue weighted by molar-refractivity contribution is -0.140. The largest absolute Gasteiger partial charge is 0.507 e. The molecule has 1 saturated heterocycles. The van der Waals surface area contributed by atoms with Crippen LogP contribution in [0.15, 0.2) is 72.3 Å². The Morgan fingerprint density at radius 2 is 1.72 bits per heavy atom. The number of likely N-dealkylation sites (N-methyl/N-ethyl adjacent to an activating group) is 1.